The van der Waals surface area contributed by atoms with Gasteiger partial charge in [-0.3, -0.25) is 9.59 Å². The number of hydrogen-bond acceptors (Lipinski definition) is 2. The molecule has 0 saturated carbocycles. The Morgan fingerprint density at radius 2 is 2.00 bits per heavy atom. The Kier molecular flexibility index (Phi) is 4.96. The van der Waals surface area contributed by atoms with Crippen LogP contribution in [0.5, 0.6) is 0 Å². The second-order valence-corrected chi connectivity index (χ2v) is 4.60. The van der Waals surface area contributed by atoms with Crippen molar-refractivity contribution >= 4 is 23.3 Å². The van der Waals surface area contributed by atoms with Gasteiger partial charge in [-0.2, -0.15) is 0 Å². The first-order valence-electron chi connectivity index (χ1n) is 5.92. The maximum Gasteiger partial charge on any atom is 0.242 e. The van der Waals surface area contributed by atoms with Crippen molar-refractivity contribution in [2.75, 3.05) is 19.5 Å². The van der Waals surface area contributed by atoms with Gasteiger partial charge in [-0.15, -0.1) is 11.6 Å². The van der Waals surface area contributed by atoms with Crippen molar-refractivity contribution in [3.63, 3.8) is 0 Å². The number of alkyl halides is 1. The van der Waals surface area contributed by atoms with Crippen molar-refractivity contribution in [2.24, 2.45) is 0 Å². The van der Waals surface area contributed by atoms with Crippen LogP contribution in [-0.4, -0.2) is 40.6 Å². The van der Waals surface area contributed by atoms with E-state index in [0.29, 0.717) is 12.1 Å². The molecule has 100 valence electrons. The second-order valence-electron chi connectivity index (χ2n) is 4.34. The first-order chi connectivity index (χ1) is 8.42. The standard InChI is InChI=1S/C13H19ClN2O2/c1-5-15(4)13(18)8-16-9(2)6-11(10(16)3)12(17)7-14/h6H,5,7-8H2,1-4H3. The third kappa shape index (κ3) is 2.93. The second kappa shape index (κ2) is 6.05. The fraction of sp³-hybridized carbons (Fsp3) is 0.538. The fourth-order valence-corrected chi connectivity index (χ4v) is 1.98. The van der Waals surface area contributed by atoms with Crippen LogP contribution in [0.2, 0.25) is 0 Å². The molecule has 0 N–H and O–H groups in total. The van der Waals surface area contributed by atoms with Gasteiger partial charge in [0.05, 0.1) is 5.88 Å². The summed E-state index contributed by atoms with van der Waals surface area (Å²) in [5, 5.41) is 0. The number of carbonyl (C=O) groups is 2. The summed E-state index contributed by atoms with van der Waals surface area (Å²) in [6.07, 6.45) is 0. The van der Waals surface area contributed by atoms with Crippen molar-refractivity contribution in [1.82, 2.24) is 9.47 Å². The number of halogens is 1. The monoisotopic (exact) mass is 270 g/mol. The van der Waals surface area contributed by atoms with E-state index in [1.807, 2.05) is 25.3 Å². The molecule has 1 aromatic heterocycles. The normalized spacial score (nSPS) is 10.5. The zero-order chi connectivity index (χ0) is 13.9. The lowest BCUT2D eigenvalue weighted by Crippen LogP contribution is -2.30. The summed E-state index contributed by atoms with van der Waals surface area (Å²) >= 11 is 5.56. The van der Waals surface area contributed by atoms with Crippen molar-refractivity contribution < 1.29 is 9.59 Å². The van der Waals surface area contributed by atoms with E-state index in [4.69, 9.17) is 11.6 Å². The molecule has 18 heavy (non-hydrogen) atoms. The molecular formula is C13H19ClN2O2. The van der Waals surface area contributed by atoms with Crippen LogP contribution in [-0.2, 0) is 11.3 Å². The molecule has 5 heteroatoms. The SMILES string of the molecule is CCN(C)C(=O)Cn1c(C)cc(C(=O)CCl)c1C. The number of aryl methyl sites for hydroxylation is 1. The highest BCUT2D eigenvalue weighted by Gasteiger charge is 2.17. The zero-order valence-corrected chi connectivity index (χ0v) is 12.0. The van der Waals surface area contributed by atoms with Crippen molar-refractivity contribution in [1.29, 1.82) is 0 Å². The Balaban J connectivity index is 3.00. The zero-order valence-electron chi connectivity index (χ0n) is 11.3. The summed E-state index contributed by atoms with van der Waals surface area (Å²) in [5.74, 6) is -0.107. The number of likely N-dealkylation sites (N-methyl/N-ethyl adjacent to an activating group) is 1. The Labute approximate surface area is 113 Å². The van der Waals surface area contributed by atoms with Crippen molar-refractivity contribution in [3.05, 3.63) is 23.0 Å². The van der Waals surface area contributed by atoms with Crippen molar-refractivity contribution in [3.8, 4) is 0 Å². The Hall–Kier alpha value is -1.29. The van der Waals surface area contributed by atoms with E-state index < -0.39 is 0 Å². The molecule has 1 rings (SSSR count). The molecule has 0 aromatic carbocycles. The van der Waals surface area contributed by atoms with Crippen LogP contribution >= 0.6 is 11.6 Å². The molecule has 1 heterocycles. The Bertz CT molecular complexity index is 466. The van der Waals surface area contributed by atoms with Gasteiger partial charge in [0.15, 0.2) is 5.78 Å². The smallest absolute Gasteiger partial charge is 0.242 e. The molecule has 0 fully saturated rings. The third-order valence-electron chi connectivity index (χ3n) is 3.19. The van der Waals surface area contributed by atoms with Gasteiger partial charge in [0.1, 0.15) is 6.54 Å². The van der Waals surface area contributed by atoms with E-state index in [-0.39, 0.29) is 24.1 Å². The van der Waals surface area contributed by atoms with E-state index in [1.54, 1.807) is 18.0 Å². The summed E-state index contributed by atoms with van der Waals surface area (Å²) in [4.78, 5) is 25.2. The number of aromatic nitrogens is 1. The number of nitrogens with zero attached hydrogens (tertiary/aromatic N) is 2. The molecule has 0 atom stereocenters. The van der Waals surface area contributed by atoms with Crippen LogP contribution in [0.4, 0.5) is 0 Å². The van der Waals surface area contributed by atoms with Gasteiger partial charge in [0, 0.05) is 30.5 Å². The van der Waals surface area contributed by atoms with Gasteiger partial charge in [-0.25, -0.2) is 0 Å². The molecule has 1 amide bonds. The molecule has 0 unspecified atom stereocenters. The molecular weight excluding hydrogens is 252 g/mol. The maximum absolute atomic E-state index is 11.9. The number of ketones is 1. The van der Waals surface area contributed by atoms with E-state index in [2.05, 4.69) is 0 Å². The van der Waals surface area contributed by atoms with Crippen LogP contribution in [0.25, 0.3) is 0 Å². The third-order valence-corrected chi connectivity index (χ3v) is 3.43. The van der Waals surface area contributed by atoms with Crippen LogP contribution < -0.4 is 0 Å². The van der Waals surface area contributed by atoms with Gasteiger partial charge >= 0.3 is 0 Å². The number of hydrogen-bond donors (Lipinski definition) is 0. The molecule has 0 radical (unpaired) electrons. The molecule has 0 aliphatic carbocycles. The van der Waals surface area contributed by atoms with Crippen LogP contribution in [0.1, 0.15) is 28.7 Å². The van der Waals surface area contributed by atoms with E-state index in [1.165, 1.54) is 0 Å². The van der Waals surface area contributed by atoms with Crippen LogP contribution in [0.15, 0.2) is 6.07 Å². The van der Waals surface area contributed by atoms with Gasteiger partial charge in [-0.1, -0.05) is 0 Å². The minimum atomic E-state index is -0.104. The average molecular weight is 271 g/mol. The lowest BCUT2D eigenvalue weighted by Gasteiger charge is -2.16. The van der Waals surface area contributed by atoms with Gasteiger partial charge < -0.3 is 9.47 Å². The van der Waals surface area contributed by atoms with E-state index >= 15 is 0 Å². The molecule has 0 aliphatic rings. The molecule has 1 aromatic rings. The summed E-state index contributed by atoms with van der Waals surface area (Å²) in [7, 11) is 1.77. The van der Waals surface area contributed by atoms with Crippen molar-refractivity contribution in [2.45, 2.75) is 27.3 Å². The van der Waals surface area contributed by atoms with E-state index in [9.17, 15) is 9.59 Å². The molecule has 0 aliphatic heterocycles. The topological polar surface area (TPSA) is 42.3 Å². The minimum absolute atomic E-state index is 0.0316. The summed E-state index contributed by atoms with van der Waals surface area (Å²) in [6.45, 7) is 6.59. The maximum atomic E-state index is 11.9. The number of Topliss-reactive ketones (excluding diaryl/α,β-unsaturated/α-hetero) is 1. The minimum Gasteiger partial charge on any atom is -0.344 e. The quantitative estimate of drug-likeness (QED) is 0.607. The highest BCUT2D eigenvalue weighted by Crippen LogP contribution is 2.16. The predicted molar refractivity (Wildman–Crippen MR) is 72.3 cm³/mol. The summed E-state index contributed by atoms with van der Waals surface area (Å²) in [6, 6.07) is 1.79. The summed E-state index contributed by atoms with van der Waals surface area (Å²) < 4.78 is 1.86. The first kappa shape index (κ1) is 14.8. The van der Waals surface area contributed by atoms with Gasteiger partial charge in [0.2, 0.25) is 5.91 Å². The molecule has 4 nitrogen and oxygen atoms in total. The molecule has 0 spiro atoms. The van der Waals surface area contributed by atoms with Gasteiger partial charge in [0.25, 0.3) is 0 Å². The Morgan fingerprint density at radius 3 is 2.50 bits per heavy atom. The fourth-order valence-electron chi connectivity index (χ4n) is 1.83. The summed E-state index contributed by atoms with van der Waals surface area (Å²) in [5.41, 5.74) is 2.31. The predicted octanol–water partition coefficient (Wildman–Crippen LogP) is 2.00. The Morgan fingerprint density at radius 1 is 1.39 bits per heavy atom. The van der Waals surface area contributed by atoms with Crippen LogP contribution in [0, 0.1) is 13.8 Å². The molecule has 0 bridgehead atoms. The lowest BCUT2D eigenvalue weighted by atomic mass is 10.2. The van der Waals surface area contributed by atoms with E-state index in [0.717, 1.165) is 11.4 Å². The van der Waals surface area contributed by atoms with Gasteiger partial charge in [-0.05, 0) is 26.8 Å². The lowest BCUT2D eigenvalue weighted by molar-refractivity contribution is -0.130. The first-order valence-corrected chi connectivity index (χ1v) is 6.45. The number of carbonyl (C=O) groups excluding carboxylic acids is 2. The number of rotatable bonds is 5. The highest BCUT2D eigenvalue weighted by molar-refractivity contribution is 6.30. The average Bonchev–Trinajstić information content (AvgIpc) is 2.64. The number of amides is 1. The molecule has 0 saturated heterocycles. The largest absolute Gasteiger partial charge is 0.344 e. The van der Waals surface area contributed by atoms with Crippen LogP contribution in [0.3, 0.4) is 0 Å². The highest BCUT2D eigenvalue weighted by atomic mass is 35.5.